The number of fused-ring (bicyclic) bond motifs is 1. The molecule has 1 aromatic rings. The molecule has 1 fully saturated rings. The van der Waals surface area contributed by atoms with Gasteiger partial charge in [-0.1, -0.05) is 25.1 Å². The fraction of sp³-hybridized carbons (Fsp3) is 0.611. The topological polar surface area (TPSA) is 36.0 Å². The van der Waals surface area contributed by atoms with Crippen LogP contribution in [0.4, 0.5) is 5.69 Å². The second-order valence-electron chi connectivity index (χ2n) is 6.58. The van der Waals surface area contributed by atoms with Gasteiger partial charge in [-0.05, 0) is 25.1 Å². The summed E-state index contributed by atoms with van der Waals surface area (Å²) in [6.45, 7) is 8.99. The van der Waals surface area contributed by atoms with Gasteiger partial charge in [-0.3, -0.25) is 9.69 Å². The molecule has 1 amide bonds. The Bertz CT molecular complexity index is 563. The van der Waals surface area contributed by atoms with E-state index in [1.54, 1.807) is 0 Å². The third kappa shape index (κ3) is 3.35. The molecule has 3 rings (SSSR count). The smallest absolute Gasteiger partial charge is 0.253 e. The summed E-state index contributed by atoms with van der Waals surface area (Å²) in [5, 5.41) is 0. The average Bonchev–Trinajstić information content (AvgIpc) is 2.71. The Labute approximate surface area is 138 Å². The van der Waals surface area contributed by atoms with Gasteiger partial charge in [-0.2, -0.15) is 0 Å². The van der Waals surface area contributed by atoms with Crippen LogP contribution in [-0.4, -0.2) is 67.7 Å². The van der Waals surface area contributed by atoms with Gasteiger partial charge in [-0.15, -0.1) is 0 Å². The lowest BCUT2D eigenvalue weighted by Gasteiger charge is -2.36. The molecule has 5 heteroatoms. The highest BCUT2D eigenvalue weighted by atomic mass is 16.5. The lowest BCUT2D eigenvalue weighted by Crippen LogP contribution is -2.53. The van der Waals surface area contributed by atoms with E-state index in [0.29, 0.717) is 19.7 Å². The van der Waals surface area contributed by atoms with Crippen molar-refractivity contribution in [3.63, 3.8) is 0 Å². The van der Waals surface area contributed by atoms with Crippen LogP contribution in [-0.2, 0) is 16.1 Å². The zero-order valence-electron chi connectivity index (χ0n) is 14.4. The second-order valence-corrected chi connectivity index (χ2v) is 6.58. The molecule has 2 aliphatic rings. The number of carbonyl (C=O) groups excluding carboxylic acids is 1. The Hall–Kier alpha value is -1.59. The van der Waals surface area contributed by atoms with Crippen molar-refractivity contribution in [3.05, 3.63) is 29.8 Å². The molecule has 2 atom stereocenters. The van der Waals surface area contributed by atoms with Gasteiger partial charge in [0.2, 0.25) is 0 Å². The monoisotopic (exact) mass is 317 g/mol. The number of benzene rings is 1. The molecule has 2 heterocycles. The lowest BCUT2D eigenvalue weighted by molar-refractivity contribution is -0.151. The van der Waals surface area contributed by atoms with Gasteiger partial charge in [0.25, 0.3) is 5.91 Å². The number of rotatable bonds is 2. The predicted octanol–water partition coefficient (Wildman–Crippen LogP) is 1.57. The van der Waals surface area contributed by atoms with Crippen LogP contribution in [0, 0.1) is 0 Å². The number of likely N-dealkylation sites (N-methyl/N-ethyl adjacent to an activating group) is 2. The van der Waals surface area contributed by atoms with Crippen molar-refractivity contribution in [2.45, 2.75) is 32.5 Å². The maximum Gasteiger partial charge on any atom is 0.253 e. The number of hydrogen-bond acceptors (Lipinski definition) is 4. The van der Waals surface area contributed by atoms with Gasteiger partial charge in [0, 0.05) is 45.0 Å². The zero-order chi connectivity index (χ0) is 16.4. The van der Waals surface area contributed by atoms with Crippen molar-refractivity contribution in [2.75, 3.05) is 44.7 Å². The molecule has 0 bridgehead atoms. The first-order valence-electron chi connectivity index (χ1n) is 8.53. The summed E-state index contributed by atoms with van der Waals surface area (Å²) in [4.78, 5) is 19.6. The molecule has 0 saturated carbocycles. The van der Waals surface area contributed by atoms with E-state index in [9.17, 15) is 4.79 Å². The van der Waals surface area contributed by atoms with E-state index in [4.69, 9.17) is 4.74 Å². The van der Waals surface area contributed by atoms with Gasteiger partial charge in [0.05, 0.1) is 6.61 Å². The van der Waals surface area contributed by atoms with E-state index >= 15 is 0 Å². The Morgan fingerprint density at radius 1 is 1.30 bits per heavy atom. The normalized spacial score (nSPS) is 25.9. The molecular formula is C18H27N3O2. The molecule has 5 nitrogen and oxygen atoms in total. The maximum absolute atomic E-state index is 13.1. The van der Waals surface area contributed by atoms with Crippen LogP contribution in [0.3, 0.4) is 0 Å². The number of morpholine rings is 1. The quantitative estimate of drug-likeness (QED) is 0.830. The maximum atomic E-state index is 13.1. The molecular weight excluding hydrogens is 290 g/mol. The minimum absolute atomic E-state index is 0.126. The third-order valence-corrected chi connectivity index (χ3v) is 4.97. The van der Waals surface area contributed by atoms with E-state index in [0.717, 1.165) is 19.6 Å². The Balaban J connectivity index is 1.80. The van der Waals surface area contributed by atoms with Gasteiger partial charge in [-0.25, -0.2) is 0 Å². The van der Waals surface area contributed by atoms with Crippen molar-refractivity contribution in [1.82, 2.24) is 9.80 Å². The van der Waals surface area contributed by atoms with Crippen molar-refractivity contribution in [2.24, 2.45) is 0 Å². The first kappa shape index (κ1) is 16.3. The van der Waals surface area contributed by atoms with Crippen LogP contribution in [0.15, 0.2) is 24.3 Å². The summed E-state index contributed by atoms with van der Waals surface area (Å²) in [6, 6.07) is 8.51. The molecule has 0 spiro atoms. The van der Waals surface area contributed by atoms with Crippen molar-refractivity contribution in [3.8, 4) is 0 Å². The van der Waals surface area contributed by atoms with Crippen molar-refractivity contribution in [1.29, 1.82) is 0 Å². The standard InChI is InChI=1S/C18H27N3O2/c1-4-20-9-10-23-17(13-20)18(22)21-12-15-7-5-6-8-16(15)19(3)11-14(21)2/h5-8,14,17H,4,9-13H2,1-3H3. The number of anilines is 1. The van der Waals surface area contributed by atoms with Crippen LogP contribution in [0.2, 0.25) is 0 Å². The Morgan fingerprint density at radius 2 is 2.09 bits per heavy atom. The molecule has 2 aliphatic heterocycles. The van der Waals surface area contributed by atoms with Crippen molar-refractivity contribution < 1.29 is 9.53 Å². The van der Waals surface area contributed by atoms with E-state index in [1.807, 2.05) is 11.0 Å². The largest absolute Gasteiger partial charge is 0.372 e. The summed E-state index contributed by atoms with van der Waals surface area (Å²) >= 11 is 0. The van der Waals surface area contributed by atoms with E-state index in [1.165, 1.54) is 11.3 Å². The van der Waals surface area contributed by atoms with Crippen molar-refractivity contribution >= 4 is 11.6 Å². The summed E-state index contributed by atoms with van der Waals surface area (Å²) in [6.07, 6.45) is -0.332. The first-order chi connectivity index (χ1) is 11.1. The first-order valence-corrected chi connectivity index (χ1v) is 8.53. The van der Waals surface area contributed by atoms with E-state index in [-0.39, 0.29) is 18.1 Å². The zero-order valence-corrected chi connectivity index (χ0v) is 14.4. The predicted molar refractivity (Wildman–Crippen MR) is 91.6 cm³/mol. The molecule has 2 unspecified atom stereocenters. The lowest BCUT2D eigenvalue weighted by atomic mass is 10.1. The molecule has 0 aliphatic carbocycles. The summed E-state index contributed by atoms with van der Waals surface area (Å²) < 4.78 is 5.78. The van der Waals surface area contributed by atoms with E-state index in [2.05, 4.69) is 48.9 Å². The minimum Gasteiger partial charge on any atom is -0.372 e. The molecule has 23 heavy (non-hydrogen) atoms. The Morgan fingerprint density at radius 3 is 2.87 bits per heavy atom. The van der Waals surface area contributed by atoms with E-state index < -0.39 is 0 Å². The van der Waals surface area contributed by atoms with Crippen LogP contribution in [0.1, 0.15) is 19.4 Å². The van der Waals surface area contributed by atoms with Gasteiger partial charge in [0.15, 0.2) is 0 Å². The number of hydrogen-bond donors (Lipinski definition) is 0. The van der Waals surface area contributed by atoms with Crippen LogP contribution >= 0.6 is 0 Å². The minimum atomic E-state index is -0.332. The average molecular weight is 317 g/mol. The fourth-order valence-electron chi connectivity index (χ4n) is 3.57. The number of ether oxygens (including phenoxy) is 1. The number of amides is 1. The highest BCUT2D eigenvalue weighted by Gasteiger charge is 2.34. The third-order valence-electron chi connectivity index (χ3n) is 4.97. The second kappa shape index (κ2) is 6.89. The van der Waals surface area contributed by atoms with Crippen LogP contribution in [0.5, 0.6) is 0 Å². The van der Waals surface area contributed by atoms with Crippen LogP contribution < -0.4 is 4.90 Å². The van der Waals surface area contributed by atoms with Crippen LogP contribution in [0.25, 0.3) is 0 Å². The number of carbonyl (C=O) groups is 1. The summed E-state index contributed by atoms with van der Waals surface area (Å²) in [5.74, 6) is 0.126. The molecule has 0 aromatic heterocycles. The highest BCUT2D eigenvalue weighted by Crippen LogP contribution is 2.26. The summed E-state index contributed by atoms with van der Waals surface area (Å²) in [7, 11) is 2.10. The SMILES string of the molecule is CCN1CCOC(C(=O)N2Cc3ccccc3N(C)CC2C)C1. The van der Waals surface area contributed by atoms with Gasteiger partial charge >= 0.3 is 0 Å². The molecule has 126 valence electrons. The molecule has 1 aromatic carbocycles. The number of nitrogens with zero attached hydrogens (tertiary/aromatic N) is 3. The fourth-order valence-corrected chi connectivity index (χ4v) is 3.57. The van der Waals surface area contributed by atoms with Gasteiger partial charge < -0.3 is 14.5 Å². The number of para-hydroxylation sites is 1. The molecule has 1 saturated heterocycles. The Kier molecular flexibility index (Phi) is 4.87. The summed E-state index contributed by atoms with van der Waals surface area (Å²) in [5.41, 5.74) is 2.42. The highest BCUT2D eigenvalue weighted by molar-refractivity contribution is 5.82. The molecule has 0 radical (unpaired) electrons. The van der Waals surface area contributed by atoms with Gasteiger partial charge in [0.1, 0.15) is 6.10 Å². The molecule has 0 N–H and O–H groups in total.